The molecule has 1 saturated carbocycles. The van der Waals surface area contributed by atoms with Crippen LogP contribution in [0.2, 0.25) is 0 Å². The van der Waals surface area contributed by atoms with Crippen LogP contribution in [0.3, 0.4) is 0 Å². The summed E-state index contributed by atoms with van der Waals surface area (Å²) in [5.74, 6) is -0.218. The van der Waals surface area contributed by atoms with Gasteiger partial charge in [0.2, 0.25) is 0 Å². The summed E-state index contributed by atoms with van der Waals surface area (Å²) in [6, 6.07) is -0.0249. The van der Waals surface area contributed by atoms with Crippen molar-refractivity contribution in [1.82, 2.24) is 0 Å². The third kappa shape index (κ3) is 2.92. The number of carbonyl (C=O) groups is 1. The summed E-state index contributed by atoms with van der Waals surface area (Å²) in [7, 11) is 0. The molecular formula is C9H15N3O2. The molecule has 1 fully saturated rings. The molecule has 2 unspecified atom stereocenters. The predicted molar refractivity (Wildman–Crippen MR) is 51.5 cm³/mol. The van der Waals surface area contributed by atoms with Gasteiger partial charge in [-0.3, -0.25) is 4.79 Å². The highest BCUT2D eigenvalue weighted by Crippen LogP contribution is 2.27. The Hall–Kier alpha value is -1.22. The second-order valence-electron chi connectivity index (χ2n) is 3.47. The van der Waals surface area contributed by atoms with Gasteiger partial charge >= 0.3 is 5.97 Å². The first-order valence-electron chi connectivity index (χ1n) is 4.98. The van der Waals surface area contributed by atoms with Gasteiger partial charge in [0.25, 0.3) is 0 Å². The Morgan fingerprint density at radius 1 is 1.64 bits per heavy atom. The largest absolute Gasteiger partial charge is 0.466 e. The summed E-state index contributed by atoms with van der Waals surface area (Å²) < 4.78 is 4.93. The standard InChI is InChI=1S/C9H15N3O2/c1-2-14-9(13)7-4-3-5-8(6-7)11-12-10/h7-8H,2-6H2,1H3. The van der Waals surface area contributed by atoms with Crippen molar-refractivity contribution >= 4 is 5.97 Å². The number of carbonyl (C=O) groups excluding carboxylic acids is 1. The van der Waals surface area contributed by atoms with Crippen LogP contribution in [0.4, 0.5) is 0 Å². The van der Waals surface area contributed by atoms with E-state index in [1.54, 1.807) is 6.92 Å². The molecule has 1 aliphatic carbocycles. The summed E-state index contributed by atoms with van der Waals surface area (Å²) in [5, 5.41) is 3.65. The Morgan fingerprint density at radius 3 is 3.07 bits per heavy atom. The molecule has 0 saturated heterocycles. The number of hydrogen-bond acceptors (Lipinski definition) is 3. The first kappa shape index (κ1) is 10.9. The zero-order valence-corrected chi connectivity index (χ0v) is 8.35. The minimum atomic E-state index is -0.148. The highest BCUT2D eigenvalue weighted by atomic mass is 16.5. The van der Waals surface area contributed by atoms with E-state index in [2.05, 4.69) is 10.0 Å². The number of ether oxygens (including phenoxy) is 1. The molecule has 0 bridgehead atoms. The lowest BCUT2D eigenvalue weighted by atomic mass is 9.86. The smallest absolute Gasteiger partial charge is 0.308 e. The van der Waals surface area contributed by atoms with Crippen LogP contribution in [-0.4, -0.2) is 18.6 Å². The molecule has 0 N–H and O–H groups in total. The van der Waals surface area contributed by atoms with Crippen LogP contribution in [0.5, 0.6) is 0 Å². The molecule has 0 radical (unpaired) electrons. The number of esters is 1. The zero-order valence-electron chi connectivity index (χ0n) is 8.35. The quantitative estimate of drug-likeness (QED) is 0.301. The van der Waals surface area contributed by atoms with Crippen molar-refractivity contribution in [3.63, 3.8) is 0 Å². The molecule has 14 heavy (non-hydrogen) atoms. The Labute approximate surface area is 83.1 Å². The van der Waals surface area contributed by atoms with Crippen molar-refractivity contribution in [2.24, 2.45) is 11.0 Å². The number of azide groups is 1. The van der Waals surface area contributed by atoms with Gasteiger partial charge in [0.05, 0.1) is 12.5 Å². The molecule has 78 valence electrons. The molecule has 0 aromatic carbocycles. The first-order valence-corrected chi connectivity index (χ1v) is 4.98. The third-order valence-electron chi connectivity index (χ3n) is 2.48. The van der Waals surface area contributed by atoms with Gasteiger partial charge in [0.1, 0.15) is 0 Å². The maximum atomic E-state index is 11.4. The topological polar surface area (TPSA) is 75.1 Å². The molecule has 5 nitrogen and oxygen atoms in total. The van der Waals surface area contributed by atoms with Gasteiger partial charge in [0.15, 0.2) is 0 Å². The van der Waals surface area contributed by atoms with E-state index in [9.17, 15) is 4.79 Å². The summed E-state index contributed by atoms with van der Waals surface area (Å²) in [6.07, 6.45) is 3.33. The van der Waals surface area contributed by atoms with E-state index in [4.69, 9.17) is 10.3 Å². The average molecular weight is 197 g/mol. The van der Waals surface area contributed by atoms with Crippen molar-refractivity contribution < 1.29 is 9.53 Å². The summed E-state index contributed by atoms with van der Waals surface area (Å²) in [4.78, 5) is 14.2. The lowest BCUT2D eigenvalue weighted by Crippen LogP contribution is -2.26. The molecule has 0 aromatic heterocycles. The second kappa shape index (κ2) is 5.50. The third-order valence-corrected chi connectivity index (χ3v) is 2.48. The van der Waals surface area contributed by atoms with E-state index < -0.39 is 0 Å². The Bertz CT molecular complexity index is 248. The summed E-state index contributed by atoms with van der Waals surface area (Å²) in [5.41, 5.74) is 8.29. The van der Waals surface area contributed by atoms with Crippen LogP contribution in [0.25, 0.3) is 10.4 Å². The van der Waals surface area contributed by atoms with Gasteiger partial charge in [-0.25, -0.2) is 0 Å². The summed E-state index contributed by atoms with van der Waals surface area (Å²) >= 11 is 0. The fraction of sp³-hybridized carbons (Fsp3) is 0.889. The van der Waals surface area contributed by atoms with E-state index in [1.165, 1.54) is 0 Å². The SMILES string of the molecule is CCOC(=O)C1CCCC(N=[N+]=[N-])C1. The number of rotatable bonds is 3. The van der Waals surface area contributed by atoms with Gasteiger partial charge < -0.3 is 4.74 Å². The van der Waals surface area contributed by atoms with Crippen molar-refractivity contribution in [2.75, 3.05) is 6.61 Å². The molecular weight excluding hydrogens is 182 g/mol. The number of nitrogens with zero attached hydrogens (tertiary/aromatic N) is 3. The molecule has 0 aromatic rings. The van der Waals surface area contributed by atoms with Crippen LogP contribution in [0, 0.1) is 5.92 Å². The molecule has 1 rings (SSSR count). The molecule has 2 atom stereocenters. The fourth-order valence-corrected chi connectivity index (χ4v) is 1.82. The zero-order chi connectivity index (χ0) is 10.4. The van der Waals surface area contributed by atoms with E-state index in [1.807, 2.05) is 0 Å². The molecule has 0 spiro atoms. The molecule has 1 aliphatic rings. The van der Waals surface area contributed by atoms with E-state index in [0.717, 1.165) is 19.3 Å². The van der Waals surface area contributed by atoms with E-state index in [-0.39, 0.29) is 17.9 Å². The van der Waals surface area contributed by atoms with Crippen LogP contribution in [0.15, 0.2) is 5.11 Å². The minimum absolute atomic E-state index is 0.0249. The minimum Gasteiger partial charge on any atom is -0.466 e. The Kier molecular flexibility index (Phi) is 4.26. The van der Waals surface area contributed by atoms with Crippen LogP contribution >= 0.6 is 0 Å². The first-order chi connectivity index (χ1) is 6.77. The Balaban J connectivity index is 2.46. The van der Waals surface area contributed by atoms with Gasteiger partial charge in [-0.1, -0.05) is 11.5 Å². The normalized spacial score (nSPS) is 26.4. The maximum Gasteiger partial charge on any atom is 0.308 e. The second-order valence-corrected chi connectivity index (χ2v) is 3.47. The maximum absolute atomic E-state index is 11.4. The van der Waals surface area contributed by atoms with Crippen LogP contribution in [-0.2, 0) is 9.53 Å². The van der Waals surface area contributed by atoms with Crippen molar-refractivity contribution in [1.29, 1.82) is 0 Å². The lowest BCUT2D eigenvalue weighted by Gasteiger charge is -2.24. The highest BCUT2D eigenvalue weighted by molar-refractivity contribution is 5.72. The monoisotopic (exact) mass is 197 g/mol. The number of hydrogen-bond donors (Lipinski definition) is 0. The molecule has 0 amide bonds. The van der Waals surface area contributed by atoms with Crippen LogP contribution in [0.1, 0.15) is 32.6 Å². The average Bonchev–Trinajstić information content (AvgIpc) is 2.19. The van der Waals surface area contributed by atoms with Gasteiger partial charge in [-0.05, 0) is 31.7 Å². The van der Waals surface area contributed by atoms with Gasteiger partial charge in [0, 0.05) is 11.0 Å². The van der Waals surface area contributed by atoms with Gasteiger partial charge in [-0.2, -0.15) is 0 Å². The van der Waals surface area contributed by atoms with Crippen molar-refractivity contribution in [2.45, 2.75) is 38.6 Å². The Morgan fingerprint density at radius 2 is 2.43 bits per heavy atom. The lowest BCUT2D eigenvalue weighted by molar-refractivity contribution is -0.149. The highest BCUT2D eigenvalue weighted by Gasteiger charge is 2.27. The summed E-state index contributed by atoms with van der Waals surface area (Å²) in [6.45, 7) is 2.22. The molecule has 0 heterocycles. The molecule has 5 heteroatoms. The van der Waals surface area contributed by atoms with Crippen molar-refractivity contribution in [3.05, 3.63) is 10.4 Å². The predicted octanol–water partition coefficient (Wildman–Crippen LogP) is 2.42. The van der Waals surface area contributed by atoms with Crippen LogP contribution < -0.4 is 0 Å². The molecule has 0 aliphatic heterocycles. The van der Waals surface area contributed by atoms with Gasteiger partial charge in [-0.15, -0.1) is 0 Å². The van der Waals surface area contributed by atoms with Crippen molar-refractivity contribution in [3.8, 4) is 0 Å². The van der Waals surface area contributed by atoms with E-state index in [0.29, 0.717) is 13.0 Å². The van der Waals surface area contributed by atoms with E-state index >= 15 is 0 Å². The fourth-order valence-electron chi connectivity index (χ4n) is 1.82.